The molecule has 0 spiro atoms. The average molecular weight is 201 g/mol. The maximum absolute atomic E-state index is 5.33. The van der Waals surface area contributed by atoms with Crippen LogP contribution in [0.25, 0.3) is 11.3 Å². The quantitative estimate of drug-likeness (QED) is 0.704. The normalized spacial score (nSPS) is 11.7. The zero-order chi connectivity index (χ0) is 10.9. The molecule has 0 bridgehead atoms. The first-order chi connectivity index (χ1) is 7.07. The van der Waals surface area contributed by atoms with E-state index >= 15 is 0 Å². The van der Waals surface area contributed by atoms with Crippen LogP contribution in [-0.4, -0.2) is 5.16 Å². The Morgan fingerprint density at radius 2 is 1.73 bits per heavy atom. The van der Waals surface area contributed by atoms with Crippen molar-refractivity contribution in [2.45, 2.75) is 26.2 Å². The lowest BCUT2D eigenvalue weighted by molar-refractivity contribution is 0.402. The first kappa shape index (κ1) is 9.97. The number of benzene rings is 1. The van der Waals surface area contributed by atoms with E-state index in [0.717, 1.165) is 17.0 Å². The molecule has 0 atom stereocenters. The SMILES string of the molecule is CC(C)(C)c1cc(-c2ccccc2)on1. The zero-order valence-electron chi connectivity index (χ0n) is 9.32. The molecule has 78 valence electrons. The second-order valence-corrected chi connectivity index (χ2v) is 4.69. The summed E-state index contributed by atoms with van der Waals surface area (Å²) in [5.41, 5.74) is 2.10. The molecule has 0 N–H and O–H groups in total. The van der Waals surface area contributed by atoms with Crippen LogP contribution in [0.15, 0.2) is 40.9 Å². The van der Waals surface area contributed by atoms with Crippen molar-refractivity contribution in [3.05, 3.63) is 42.1 Å². The molecule has 0 saturated heterocycles. The van der Waals surface area contributed by atoms with Crippen molar-refractivity contribution in [1.82, 2.24) is 5.16 Å². The third kappa shape index (κ3) is 2.09. The third-order valence-corrected chi connectivity index (χ3v) is 2.34. The minimum atomic E-state index is 0.0382. The van der Waals surface area contributed by atoms with Crippen LogP contribution in [0.3, 0.4) is 0 Å². The van der Waals surface area contributed by atoms with Gasteiger partial charge in [-0.2, -0.15) is 0 Å². The summed E-state index contributed by atoms with van der Waals surface area (Å²) in [6.07, 6.45) is 0. The van der Waals surface area contributed by atoms with Crippen LogP contribution < -0.4 is 0 Å². The number of aromatic nitrogens is 1. The summed E-state index contributed by atoms with van der Waals surface area (Å²) in [6.45, 7) is 6.37. The summed E-state index contributed by atoms with van der Waals surface area (Å²) < 4.78 is 5.33. The maximum Gasteiger partial charge on any atom is 0.167 e. The van der Waals surface area contributed by atoms with Gasteiger partial charge in [0, 0.05) is 17.0 Å². The highest BCUT2D eigenvalue weighted by Crippen LogP contribution is 2.26. The van der Waals surface area contributed by atoms with Crippen molar-refractivity contribution in [1.29, 1.82) is 0 Å². The summed E-state index contributed by atoms with van der Waals surface area (Å²) in [7, 11) is 0. The lowest BCUT2D eigenvalue weighted by atomic mass is 9.92. The Morgan fingerprint density at radius 1 is 1.07 bits per heavy atom. The third-order valence-electron chi connectivity index (χ3n) is 2.34. The minimum absolute atomic E-state index is 0.0382. The molecule has 0 fully saturated rings. The molecule has 15 heavy (non-hydrogen) atoms. The average Bonchev–Trinajstić information content (AvgIpc) is 2.67. The van der Waals surface area contributed by atoms with Crippen LogP contribution in [0.5, 0.6) is 0 Å². The lowest BCUT2D eigenvalue weighted by Gasteiger charge is -2.12. The molecule has 2 heteroatoms. The number of hydrogen-bond donors (Lipinski definition) is 0. The first-order valence-electron chi connectivity index (χ1n) is 5.10. The molecule has 0 aliphatic heterocycles. The maximum atomic E-state index is 5.33. The Hall–Kier alpha value is -1.57. The van der Waals surface area contributed by atoms with E-state index in [1.807, 2.05) is 36.4 Å². The van der Waals surface area contributed by atoms with Crippen LogP contribution in [-0.2, 0) is 5.41 Å². The van der Waals surface area contributed by atoms with E-state index in [2.05, 4.69) is 25.9 Å². The van der Waals surface area contributed by atoms with E-state index in [1.54, 1.807) is 0 Å². The molecule has 2 nitrogen and oxygen atoms in total. The molecular formula is C13H15NO. The van der Waals surface area contributed by atoms with E-state index < -0.39 is 0 Å². The highest BCUT2D eigenvalue weighted by Gasteiger charge is 2.19. The van der Waals surface area contributed by atoms with Gasteiger partial charge < -0.3 is 4.52 Å². The molecule has 1 aromatic heterocycles. The minimum Gasteiger partial charge on any atom is -0.356 e. The molecule has 1 aromatic carbocycles. The van der Waals surface area contributed by atoms with Gasteiger partial charge in [0.2, 0.25) is 0 Å². The van der Waals surface area contributed by atoms with Crippen LogP contribution in [0.1, 0.15) is 26.5 Å². The molecule has 0 radical (unpaired) electrons. The van der Waals surface area contributed by atoms with Crippen molar-refractivity contribution >= 4 is 0 Å². The van der Waals surface area contributed by atoms with Crippen LogP contribution >= 0.6 is 0 Å². The van der Waals surface area contributed by atoms with Gasteiger partial charge in [-0.15, -0.1) is 0 Å². The Morgan fingerprint density at radius 3 is 2.27 bits per heavy atom. The van der Waals surface area contributed by atoms with Gasteiger partial charge in [-0.25, -0.2) is 0 Å². The van der Waals surface area contributed by atoms with Gasteiger partial charge >= 0.3 is 0 Å². The second-order valence-electron chi connectivity index (χ2n) is 4.69. The standard InChI is InChI=1S/C13H15NO/c1-13(2,3)12-9-11(15-14-12)10-7-5-4-6-8-10/h4-9H,1-3H3. The predicted octanol–water partition coefficient (Wildman–Crippen LogP) is 3.64. The van der Waals surface area contributed by atoms with Gasteiger partial charge in [0.1, 0.15) is 0 Å². The van der Waals surface area contributed by atoms with Crippen molar-refractivity contribution in [3.63, 3.8) is 0 Å². The highest BCUT2D eigenvalue weighted by atomic mass is 16.5. The first-order valence-corrected chi connectivity index (χ1v) is 5.10. The van der Waals surface area contributed by atoms with E-state index in [-0.39, 0.29) is 5.41 Å². The smallest absolute Gasteiger partial charge is 0.167 e. The van der Waals surface area contributed by atoms with E-state index in [4.69, 9.17) is 4.52 Å². The fraction of sp³-hybridized carbons (Fsp3) is 0.308. The second kappa shape index (κ2) is 3.54. The molecule has 0 aliphatic carbocycles. The van der Waals surface area contributed by atoms with Gasteiger partial charge in [0.05, 0.1) is 5.69 Å². The van der Waals surface area contributed by atoms with Crippen molar-refractivity contribution in [3.8, 4) is 11.3 Å². The molecule has 0 unspecified atom stereocenters. The summed E-state index contributed by atoms with van der Waals surface area (Å²) in [4.78, 5) is 0. The van der Waals surface area contributed by atoms with Crippen LogP contribution in [0.2, 0.25) is 0 Å². The van der Waals surface area contributed by atoms with Gasteiger partial charge in [-0.3, -0.25) is 0 Å². The fourth-order valence-electron chi connectivity index (χ4n) is 1.37. The van der Waals surface area contributed by atoms with Gasteiger partial charge in [-0.05, 0) is 0 Å². The van der Waals surface area contributed by atoms with Crippen molar-refractivity contribution in [2.75, 3.05) is 0 Å². The molecule has 0 saturated carbocycles. The Balaban J connectivity index is 2.37. The predicted molar refractivity (Wildman–Crippen MR) is 60.6 cm³/mol. The summed E-state index contributed by atoms with van der Waals surface area (Å²) in [6, 6.07) is 12.0. The monoisotopic (exact) mass is 201 g/mol. The van der Waals surface area contributed by atoms with Crippen LogP contribution in [0.4, 0.5) is 0 Å². The number of rotatable bonds is 1. The molecular weight excluding hydrogens is 186 g/mol. The molecule has 0 amide bonds. The molecule has 0 aliphatic rings. The van der Waals surface area contributed by atoms with Crippen molar-refractivity contribution < 1.29 is 4.52 Å². The van der Waals surface area contributed by atoms with Crippen molar-refractivity contribution in [2.24, 2.45) is 0 Å². The van der Waals surface area contributed by atoms with E-state index in [1.165, 1.54) is 0 Å². The highest BCUT2D eigenvalue weighted by molar-refractivity contribution is 5.57. The number of hydrogen-bond acceptors (Lipinski definition) is 2. The van der Waals surface area contributed by atoms with Crippen LogP contribution in [0, 0.1) is 0 Å². The summed E-state index contributed by atoms with van der Waals surface area (Å²) in [5.74, 6) is 0.834. The van der Waals surface area contributed by atoms with Gasteiger partial charge in [0.25, 0.3) is 0 Å². The van der Waals surface area contributed by atoms with Gasteiger partial charge in [-0.1, -0.05) is 56.3 Å². The number of nitrogens with zero attached hydrogens (tertiary/aromatic N) is 1. The lowest BCUT2D eigenvalue weighted by Crippen LogP contribution is -2.10. The zero-order valence-corrected chi connectivity index (χ0v) is 9.32. The Bertz CT molecular complexity index is 437. The molecule has 2 rings (SSSR count). The molecule has 1 heterocycles. The van der Waals surface area contributed by atoms with E-state index in [9.17, 15) is 0 Å². The molecule has 2 aromatic rings. The Kier molecular flexibility index (Phi) is 2.35. The summed E-state index contributed by atoms with van der Waals surface area (Å²) in [5, 5.41) is 4.09. The summed E-state index contributed by atoms with van der Waals surface area (Å²) >= 11 is 0. The largest absolute Gasteiger partial charge is 0.356 e. The van der Waals surface area contributed by atoms with Gasteiger partial charge in [0.15, 0.2) is 5.76 Å². The topological polar surface area (TPSA) is 26.0 Å². The Labute approximate surface area is 89.9 Å². The van der Waals surface area contributed by atoms with E-state index in [0.29, 0.717) is 0 Å². The fourth-order valence-corrected chi connectivity index (χ4v) is 1.37.